The molecule has 1 aromatic heterocycles. The number of carbonyl (C=O) groups is 1. The molecule has 1 amide bonds. The van der Waals surface area contributed by atoms with E-state index in [1.54, 1.807) is 23.5 Å². The van der Waals surface area contributed by atoms with Crippen LogP contribution in [0.2, 0.25) is 0 Å². The summed E-state index contributed by atoms with van der Waals surface area (Å²) in [5.41, 5.74) is 1.59. The van der Waals surface area contributed by atoms with E-state index >= 15 is 0 Å². The number of aryl methyl sites for hydroxylation is 1. The Balaban J connectivity index is 2.08. The van der Waals surface area contributed by atoms with Crippen LogP contribution in [-0.4, -0.2) is 10.9 Å². The van der Waals surface area contributed by atoms with Gasteiger partial charge < -0.3 is 5.32 Å². The van der Waals surface area contributed by atoms with Crippen molar-refractivity contribution in [3.63, 3.8) is 0 Å². The Hall–Kier alpha value is -1.33. The minimum atomic E-state index is -0.105. The molecular weight excluding hydrogens is 264 g/mol. The fourth-order valence-corrected chi connectivity index (χ4v) is 2.59. The lowest BCUT2D eigenvalue weighted by atomic mass is 10.2. The van der Waals surface area contributed by atoms with E-state index < -0.39 is 0 Å². The molecule has 2 rings (SSSR count). The molecule has 0 bridgehead atoms. The molecule has 1 unspecified atom stereocenters. The van der Waals surface area contributed by atoms with Gasteiger partial charge in [0.15, 0.2) is 0 Å². The molecule has 94 valence electrons. The number of nitrogens with zero attached hydrogens (tertiary/aromatic N) is 1. The number of aromatic nitrogens is 1. The maximum atomic E-state index is 12.0. The number of nitrogens with one attached hydrogen (secondary N) is 1. The number of hydrogen-bond acceptors (Lipinski definition) is 4. The van der Waals surface area contributed by atoms with Crippen LogP contribution in [0.4, 0.5) is 0 Å². The number of thiazole rings is 1. The van der Waals surface area contributed by atoms with E-state index in [4.69, 9.17) is 0 Å². The summed E-state index contributed by atoms with van der Waals surface area (Å²) in [7, 11) is 0. The highest BCUT2D eigenvalue weighted by Crippen LogP contribution is 2.18. The predicted octanol–water partition coefficient (Wildman–Crippen LogP) is 3.23. The largest absolute Gasteiger partial charge is 0.343 e. The van der Waals surface area contributed by atoms with E-state index in [9.17, 15) is 4.79 Å². The maximum absolute atomic E-state index is 12.0. The number of carbonyl (C=O) groups excluding carboxylic acids is 1. The third-order valence-electron chi connectivity index (χ3n) is 2.46. The average molecular weight is 278 g/mol. The number of hydrogen-bond donors (Lipinski definition) is 2. The van der Waals surface area contributed by atoms with Crippen LogP contribution in [0.15, 0.2) is 34.5 Å². The lowest BCUT2D eigenvalue weighted by Crippen LogP contribution is -2.26. The zero-order chi connectivity index (χ0) is 13.1. The first kappa shape index (κ1) is 13.1. The number of thiol groups is 1. The van der Waals surface area contributed by atoms with E-state index in [0.29, 0.717) is 5.56 Å². The summed E-state index contributed by atoms with van der Waals surface area (Å²) in [6.45, 7) is 3.87. The van der Waals surface area contributed by atoms with Crippen molar-refractivity contribution < 1.29 is 4.79 Å². The predicted molar refractivity (Wildman–Crippen MR) is 76.4 cm³/mol. The second kappa shape index (κ2) is 5.54. The molecule has 5 heteroatoms. The minimum Gasteiger partial charge on any atom is -0.343 e. The molecule has 0 saturated heterocycles. The van der Waals surface area contributed by atoms with E-state index in [0.717, 1.165) is 15.6 Å². The van der Waals surface area contributed by atoms with Crippen LogP contribution in [-0.2, 0) is 0 Å². The van der Waals surface area contributed by atoms with Gasteiger partial charge >= 0.3 is 0 Å². The van der Waals surface area contributed by atoms with E-state index in [2.05, 4.69) is 22.9 Å². The van der Waals surface area contributed by atoms with E-state index in [1.807, 2.05) is 31.4 Å². The van der Waals surface area contributed by atoms with Crippen molar-refractivity contribution in [1.82, 2.24) is 10.3 Å². The van der Waals surface area contributed by atoms with Crippen LogP contribution in [0.1, 0.15) is 34.0 Å². The molecule has 1 aromatic carbocycles. The Labute approximate surface area is 116 Å². The Bertz CT molecular complexity index is 566. The standard InChI is InChI=1S/C13H14N2OS2/c1-8-7-18-13(14-8)9(2)15-12(16)10-4-3-5-11(17)6-10/h3-7,9,17H,1-2H3,(H,15,16). The minimum absolute atomic E-state index is 0.0835. The van der Waals surface area contributed by atoms with Crippen molar-refractivity contribution in [2.24, 2.45) is 0 Å². The smallest absolute Gasteiger partial charge is 0.251 e. The molecule has 0 aliphatic heterocycles. The topological polar surface area (TPSA) is 42.0 Å². The molecule has 3 nitrogen and oxygen atoms in total. The lowest BCUT2D eigenvalue weighted by Gasteiger charge is -2.11. The molecular formula is C13H14N2OS2. The molecule has 0 aliphatic rings. The van der Waals surface area contributed by atoms with Gasteiger partial charge in [0.1, 0.15) is 5.01 Å². The van der Waals surface area contributed by atoms with Crippen molar-refractivity contribution in [1.29, 1.82) is 0 Å². The van der Waals surface area contributed by atoms with Gasteiger partial charge in [-0.1, -0.05) is 6.07 Å². The summed E-state index contributed by atoms with van der Waals surface area (Å²) in [4.78, 5) is 17.2. The fourth-order valence-electron chi connectivity index (χ4n) is 1.56. The Kier molecular flexibility index (Phi) is 4.04. The number of amides is 1. The fraction of sp³-hybridized carbons (Fsp3) is 0.231. The van der Waals surface area contributed by atoms with Crippen molar-refractivity contribution in [2.45, 2.75) is 24.8 Å². The van der Waals surface area contributed by atoms with Gasteiger partial charge in [0.25, 0.3) is 5.91 Å². The molecule has 0 fully saturated rings. The van der Waals surface area contributed by atoms with Gasteiger partial charge in [-0.15, -0.1) is 24.0 Å². The van der Waals surface area contributed by atoms with Crippen molar-refractivity contribution in [2.75, 3.05) is 0 Å². The average Bonchev–Trinajstić information content (AvgIpc) is 2.76. The number of benzene rings is 1. The molecule has 2 aromatic rings. The first-order valence-electron chi connectivity index (χ1n) is 5.58. The Morgan fingerprint density at radius 2 is 2.28 bits per heavy atom. The Morgan fingerprint density at radius 3 is 2.89 bits per heavy atom. The van der Waals surface area contributed by atoms with E-state index in [1.165, 1.54) is 0 Å². The van der Waals surface area contributed by atoms with Gasteiger partial charge in [0, 0.05) is 21.5 Å². The van der Waals surface area contributed by atoms with Gasteiger partial charge in [-0.25, -0.2) is 4.98 Å². The van der Waals surface area contributed by atoms with E-state index in [-0.39, 0.29) is 11.9 Å². The van der Waals surface area contributed by atoms with Crippen molar-refractivity contribution in [3.05, 3.63) is 45.9 Å². The van der Waals surface area contributed by atoms with Gasteiger partial charge in [-0.05, 0) is 32.0 Å². The zero-order valence-electron chi connectivity index (χ0n) is 10.2. The Morgan fingerprint density at radius 1 is 1.50 bits per heavy atom. The van der Waals surface area contributed by atoms with Crippen LogP contribution in [0.3, 0.4) is 0 Å². The quantitative estimate of drug-likeness (QED) is 0.846. The summed E-state index contributed by atoms with van der Waals surface area (Å²) >= 11 is 5.78. The molecule has 18 heavy (non-hydrogen) atoms. The normalized spacial score (nSPS) is 12.2. The summed E-state index contributed by atoms with van der Waals surface area (Å²) in [5.74, 6) is -0.105. The monoisotopic (exact) mass is 278 g/mol. The summed E-state index contributed by atoms with van der Waals surface area (Å²) < 4.78 is 0. The SMILES string of the molecule is Cc1csc(C(C)NC(=O)c2cccc(S)c2)n1. The highest BCUT2D eigenvalue weighted by molar-refractivity contribution is 7.80. The van der Waals surface area contributed by atoms with Crippen molar-refractivity contribution >= 4 is 29.9 Å². The van der Waals surface area contributed by atoms with Crippen molar-refractivity contribution in [3.8, 4) is 0 Å². The molecule has 1 atom stereocenters. The maximum Gasteiger partial charge on any atom is 0.251 e. The summed E-state index contributed by atoms with van der Waals surface area (Å²) in [6, 6.07) is 7.09. The molecule has 1 heterocycles. The molecule has 1 N–H and O–H groups in total. The second-order valence-corrected chi connectivity index (χ2v) is 5.48. The van der Waals surface area contributed by atoms with Crippen LogP contribution < -0.4 is 5.32 Å². The van der Waals surface area contributed by atoms with Gasteiger partial charge in [0.05, 0.1) is 6.04 Å². The zero-order valence-corrected chi connectivity index (χ0v) is 11.9. The summed E-state index contributed by atoms with van der Waals surface area (Å²) in [6.07, 6.45) is 0. The van der Waals surface area contributed by atoms with Crippen LogP contribution >= 0.6 is 24.0 Å². The van der Waals surface area contributed by atoms with Crippen LogP contribution in [0.25, 0.3) is 0 Å². The molecule has 0 spiro atoms. The lowest BCUT2D eigenvalue weighted by molar-refractivity contribution is 0.0939. The molecule has 0 saturated carbocycles. The molecule has 0 radical (unpaired) electrons. The van der Waals surface area contributed by atoms with Crippen LogP contribution in [0.5, 0.6) is 0 Å². The third-order valence-corrected chi connectivity index (χ3v) is 3.89. The van der Waals surface area contributed by atoms with Gasteiger partial charge in [0.2, 0.25) is 0 Å². The highest BCUT2D eigenvalue weighted by Gasteiger charge is 2.13. The van der Waals surface area contributed by atoms with Gasteiger partial charge in [-0.2, -0.15) is 0 Å². The first-order valence-corrected chi connectivity index (χ1v) is 6.91. The number of rotatable bonds is 3. The third kappa shape index (κ3) is 3.11. The second-order valence-electron chi connectivity index (χ2n) is 4.07. The first-order chi connectivity index (χ1) is 8.56. The van der Waals surface area contributed by atoms with Crippen LogP contribution in [0, 0.1) is 6.92 Å². The highest BCUT2D eigenvalue weighted by atomic mass is 32.1. The molecule has 0 aliphatic carbocycles. The summed E-state index contributed by atoms with van der Waals surface area (Å²) in [5, 5.41) is 5.83. The van der Waals surface area contributed by atoms with Gasteiger partial charge in [-0.3, -0.25) is 4.79 Å².